The predicted molar refractivity (Wildman–Crippen MR) is 101 cm³/mol. The first-order valence-electron chi connectivity index (χ1n) is 9.79. The Kier molecular flexibility index (Phi) is 6.26. The van der Waals surface area contributed by atoms with Gasteiger partial charge in [-0.3, -0.25) is 9.69 Å². The smallest absolute Gasteiger partial charge is 0.223 e. The maximum Gasteiger partial charge on any atom is 0.223 e. The maximum atomic E-state index is 12.3. The molecule has 1 amide bonds. The molecule has 3 fully saturated rings. The molecule has 3 aliphatic heterocycles. The zero-order valence-electron chi connectivity index (χ0n) is 16.2. The van der Waals surface area contributed by atoms with E-state index in [1.165, 1.54) is 6.26 Å². The second kappa shape index (κ2) is 8.12. The molecule has 3 heterocycles. The molecule has 3 aliphatic rings. The molecule has 26 heavy (non-hydrogen) atoms. The van der Waals surface area contributed by atoms with Crippen molar-refractivity contribution in [2.24, 2.45) is 0 Å². The first-order chi connectivity index (χ1) is 12.2. The van der Waals surface area contributed by atoms with Crippen LogP contribution in [0.1, 0.15) is 32.1 Å². The van der Waals surface area contributed by atoms with Gasteiger partial charge in [0.15, 0.2) is 0 Å². The van der Waals surface area contributed by atoms with Crippen LogP contribution in [0, 0.1) is 0 Å². The highest BCUT2D eigenvalue weighted by Gasteiger charge is 2.44. The first kappa shape index (κ1) is 20.0. The fourth-order valence-electron chi connectivity index (χ4n) is 4.36. The second-order valence-electron chi connectivity index (χ2n) is 8.36. The van der Waals surface area contributed by atoms with Crippen LogP contribution in [-0.4, -0.2) is 106 Å². The van der Waals surface area contributed by atoms with Gasteiger partial charge < -0.3 is 14.5 Å². The maximum absolute atomic E-state index is 12.3. The standard InChI is InChI=1S/C18H33N3O4S/c1-19-9-11-20(12-10-19)14-16-4-3-6-18(25-16)7-8-21(15-18)17(22)5-13-26(2,23)24/h16H,3-15H2,1-2H3/t16-,18-/m1/s1. The Hall–Kier alpha value is -0.700. The Bertz CT molecular complexity index is 604. The molecule has 0 unspecified atom stereocenters. The van der Waals surface area contributed by atoms with Gasteiger partial charge in [-0.1, -0.05) is 0 Å². The van der Waals surface area contributed by atoms with Crippen LogP contribution in [0.3, 0.4) is 0 Å². The molecule has 0 aromatic rings. The van der Waals surface area contributed by atoms with Crippen molar-refractivity contribution in [1.29, 1.82) is 0 Å². The number of ether oxygens (including phenoxy) is 1. The van der Waals surface area contributed by atoms with Gasteiger partial charge in [0, 0.05) is 58.5 Å². The van der Waals surface area contributed by atoms with Crippen LogP contribution in [-0.2, 0) is 19.4 Å². The lowest BCUT2D eigenvalue weighted by atomic mass is 9.90. The molecule has 0 aromatic heterocycles. The highest BCUT2D eigenvalue weighted by Crippen LogP contribution is 2.37. The molecule has 0 aliphatic carbocycles. The van der Waals surface area contributed by atoms with E-state index in [2.05, 4.69) is 16.8 Å². The van der Waals surface area contributed by atoms with Crippen molar-refractivity contribution in [1.82, 2.24) is 14.7 Å². The zero-order valence-corrected chi connectivity index (χ0v) is 17.0. The summed E-state index contributed by atoms with van der Waals surface area (Å²) in [4.78, 5) is 19.0. The third-order valence-electron chi connectivity index (χ3n) is 5.99. The van der Waals surface area contributed by atoms with Crippen LogP contribution < -0.4 is 0 Å². The fraction of sp³-hybridized carbons (Fsp3) is 0.944. The van der Waals surface area contributed by atoms with Crippen molar-refractivity contribution in [3.05, 3.63) is 0 Å². The molecule has 2 atom stereocenters. The molecule has 3 saturated heterocycles. The van der Waals surface area contributed by atoms with Gasteiger partial charge >= 0.3 is 0 Å². The highest BCUT2D eigenvalue weighted by atomic mass is 32.2. The minimum Gasteiger partial charge on any atom is -0.369 e. The molecule has 0 bridgehead atoms. The average molecular weight is 388 g/mol. The molecular weight excluding hydrogens is 354 g/mol. The van der Waals surface area contributed by atoms with E-state index < -0.39 is 9.84 Å². The van der Waals surface area contributed by atoms with Crippen molar-refractivity contribution in [2.45, 2.75) is 43.8 Å². The third kappa shape index (κ3) is 5.41. The SMILES string of the molecule is CN1CCN(C[C@H]2CCC[C@]3(CCN(C(=O)CCS(C)(=O)=O)C3)O2)CC1. The number of nitrogens with zero attached hydrogens (tertiary/aromatic N) is 3. The molecule has 150 valence electrons. The van der Waals surface area contributed by atoms with Gasteiger partial charge in [0.05, 0.1) is 17.5 Å². The molecule has 0 aromatic carbocycles. The summed E-state index contributed by atoms with van der Waals surface area (Å²) < 4.78 is 29.1. The predicted octanol–water partition coefficient (Wildman–Crippen LogP) is 0.209. The number of likely N-dealkylation sites (tertiary alicyclic amines) is 1. The molecule has 0 radical (unpaired) electrons. The van der Waals surface area contributed by atoms with Crippen molar-refractivity contribution in [2.75, 3.05) is 64.9 Å². The van der Waals surface area contributed by atoms with Crippen LogP contribution in [0.5, 0.6) is 0 Å². The number of hydrogen-bond donors (Lipinski definition) is 0. The Balaban J connectivity index is 1.50. The number of hydrogen-bond acceptors (Lipinski definition) is 6. The summed E-state index contributed by atoms with van der Waals surface area (Å²) in [5.41, 5.74) is -0.212. The van der Waals surface area contributed by atoms with E-state index in [0.29, 0.717) is 13.1 Å². The van der Waals surface area contributed by atoms with E-state index in [4.69, 9.17) is 4.74 Å². The van der Waals surface area contributed by atoms with Crippen LogP contribution in [0.2, 0.25) is 0 Å². The summed E-state index contributed by atoms with van der Waals surface area (Å²) in [7, 11) is -0.935. The Morgan fingerprint density at radius 3 is 2.58 bits per heavy atom. The largest absolute Gasteiger partial charge is 0.369 e. The normalized spacial score (nSPS) is 31.6. The van der Waals surface area contributed by atoms with E-state index in [1.807, 2.05) is 4.90 Å². The van der Waals surface area contributed by atoms with Gasteiger partial charge in [0.25, 0.3) is 0 Å². The van der Waals surface area contributed by atoms with Gasteiger partial charge in [-0.2, -0.15) is 0 Å². The molecule has 3 rings (SSSR count). The number of carbonyl (C=O) groups excluding carboxylic acids is 1. The topological polar surface area (TPSA) is 70.2 Å². The number of sulfone groups is 1. The summed E-state index contributed by atoms with van der Waals surface area (Å²) in [5.74, 6) is -0.125. The van der Waals surface area contributed by atoms with Crippen molar-refractivity contribution >= 4 is 15.7 Å². The van der Waals surface area contributed by atoms with E-state index >= 15 is 0 Å². The Labute approximate surface area is 157 Å². The second-order valence-corrected chi connectivity index (χ2v) is 10.6. The minimum absolute atomic E-state index is 0.0582. The highest BCUT2D eigenvalue weighted by molar-refractivity contribution is 7.90. The van der Waals surface area contributed by atoms with E-state index in [0.717, 1.165) is 58.4 Å². The lowest BCUT2D eigenvalue weighted by molar-refractivity contribution is -0.141. The Morgan fingerprint density at radius 1 is 1.15 bits per heavy atom. The minimum atomic E-state index is -3.10. The summed E-state index contributed by atoms with van der Waals surface area (Å²) in [5, 5.41) is 0. The van der Waals surface area contributed by atoms with Crippen LogP contribution >= 0.6 is 0 Å². The van der Waals surface area contributed by atoms with Crippen LogP contribution in [0.4, 0.5) is 0 Å². The monoisotopic (exact) mass is 387 g/mol. The Morgan fingerprint density at radius 2 is 1.88 bits per heavy atom. The van der Waals surface area contributed by atoms with Crippen molar-refractivity contribution in [3.8, 4) is 0 Å². The molecule has 1 spiro atoms. The van der Waals surface area contributed by atoms with E-state index in [9.17, 15) is 13.2 Å². The summed E-state index contributed by atoms with van der Waals surface area (Å²) in [6.07, 6.45) is 5.62. The summed E-state index contributed by atoms with van der Waals surface area (Å²) in [6, 6.07) is 0. The molecule has 8 heteroatoms. The zero-order chi connectivity index (χ0) is 18.8. The number of rotatable bonds is 5. The van der Waals surface area contributed by atoms with Crippen molar-refractivity contribution in [3.63, 3.8) is 0 Å². The lowest BCUT2D eigenvalue weighted by Gasteiger charge is -2.41. The molecular formula is C18H33N3O4S. The van der Waals surface area contributed by atoms with Gasteiger partial charge in [0.1, 0.15) is 9.84 Å². The van der Waals surface area contributed by atoms with Crippen molar-refractivity contribution < 1.29 is 17.9 Å². The average Bonchev–Trinajstić information content (AvgIpc) is 2.97. The number of amides is 1. The fourth-order valence-corrected chi connectivity index (χ4v) is 4.90. The van der Waals surface area contributed by atoms with Gasteiger partial charge in [0.2, 0.25) is 5.91 Å². The van der Waals surface area contributed by atoms with E-state index in [-0.39, 0.29) is 29.8 Å². The third-order valence-corrected chi connectivity index (χ3v) is 6.93. The quantitative estimate of drug-likeness (QED) is 0.672. The van der Waals surface area contributed by atoms with Gasteiger partial charge in [-0.05, 0) is 32.7 Å². The number of carbonyl (C=O) groups is 1. The van der Waals surface area contributed by atoms with Gasteiger partial charge in [-0.15, -0.1) is 0 Å². The number of piperazine rings is 1. The van der Waals surface area contributed by atoms with Crippen LogP contribution in [0.25, 0.3) is 0 Å². The molecule has 0 N–H and O–H groups in total. The first-order valence-corrected chi connectivity index (χ1v) is 11.8. The summed E-state index contributed by atoms with van der Waals surface area (Å²) >= 11 is 0. The molecule has 7 nitrogen and oxygen atoms in total. The van der Waals surface area contributed by atoms with Gasteiger partial charge in [-0.25, -0.2) is 8.42 Å². The lowest BCUT2D eigenvalue weighted by Crippen LogP contribution is -2.51. The molecule has 0 saturated carbocycles. The summed E-state index contributed by atoms with van der Waals surface area (Å²) in [6.45, 7) is 6.70. The van der Waals surface area contributed by atoms with Crippen LogP contribution in [0.15, 0.2) is 0 Å². The number of likely N-dealkylation sites (N-methyl/N-ethyl adjacent to an activating group) is 1. The van der Waals surface area contributed by atoms with E-state index in [1.54, 1.807) is 0 Å².